The van der Waals surface area contributed by atoms with Gasteiger partial charge in [0, 0.05) is 4.47 Å². The van der Waals surface area contributed by atoms with Crippen LogP contribution in [0.2, 0.25) is 5.02 Å². The second kappa shape index (κ2) is 6.13. The van der Waals surface area contributed by atoms with E-state index in [-0.39, 0.29) is 22.1 Å². The van der Waals surface area contributed by atoms with Crippen LogP contribution in [0.1, 0.15) is 0 Å². The Labute approximate surface area is 135 Å². The van der Waals surface area contributed by atoms with E-state index < -0.39 is 10.0 Å². The molecule has 0 radical (unpaired) electrons. The Hall–Kier alpha value is -1.44. The van der Waals surface area contributed by atoms with Crippen LogP contribution >= 0.6 is 27.5 Å². The Morgan fingerprint density at radius 1 is 1.29 bits per heavy atom. The van der Waals surface area contributed by atoms with Crippen molar-refractivity contribution in [3.05, 3.63) is 45.9 Å². The molecule has 21 heavy (non-hydrogen) atoms. The summed E-state index contributed by atoms with van der Waals surface area (Å²) in [7, 11) is -2.51. The number of nitrogens with one attached hydrogen (secondary N) is 1. The Morgan fingerprint density at radius 2 is 2.00 bits per heavy atom. The van der Waals surface area contributed by atoms with E-state index >= 15 is 0 Å². The van der Waals surface area contributed by atoms with Gasteiger partial charge in [-0.15, -0.1) is 0 Å². The van der Waals surface area contributed by atoms with Crippen molar-refractivity contribution in [2.24, 2.45) is 0 Å². The van der Waals surface area contributed by atoms with Gasteiger partial charge in [0.1, 0.15) is 17.2 Å². The summed E-state index contributed by atoms with van der Waals surface area (Å²) in [5.41, 5.74) is -0.0222. The molecule has 0 aromatic heterocycles. The van der Waals surface area contributed by atoms with Gasteiger partial charge in [-0.05, 0) is 46.3 Å². The van der Waals surface area contributed by atoms with Crippen LogP contribution in [0.4, 0.5) is 5.69 Å². The predicted molar refractivity (Wildman–Crippen MR) is 84.6 cm³/mol. The Bertz CT molecular complexity index is 780. The van der Waals surface area contributed by atoms with Crippen LogP contribution in [0.25, 0.3) is 0 Å². The summed E-state index contributed by atoms with van der Waals surface area (Å²) in [4.78, 5) is 0.00378. The number of hydrogen-bond acceptors (Lipinski definition) is 4. The fraction of sp³-hybridized carbons (Fsp3) is 0.0769. The number of rotatable bonds is 4. The number of hydrogen-bond donors (Lipinski definition) is 2. The van der Waals surface area contributed by atoms with E-state index in [1.54, 1.807) is 6.07 Å². The highest BCUT2D eigenvalue weighted by Gasteiger charge is 2.19. The largest absolute Gasteiger partial charge is 0.506 e. The van der Waals surface area contributed by atoms with Crippen LogP contribution < -0.4 is 9.46 Å². The number of ether oxygens (including phenoxy) is 1. The molecule has 2 N–H and O–H groups in total. The van der Waals surface area contributed by atoms with E-state index in [1.807, 2.05) is 0 Å². The average Bonchev–Trinajstić information content (AvgIpc) is 2.43. The minimum Gasteiger partial charge on any atom is -0.506 e. The highest BCUT2D eigenvalue weighted by atomic mass is 79.9. The Balaban J connectivity index is 2.44. The number of sulfonamides is 1. The summed E-state index contributed by atoms with van der Waals surface area (Å²) in [5, 5.41) is 10.2. The van der Waals surface area contributed by atoms with Gasteiger partial charge in [-0.3, -0.25) is 4.72 Å². The zero-order chi connectivity index (χ0) is 15.6. The van der Waals surface area contributed by atoms with Crippen molar-refractivity contribution in [1.29, 1.82) is 0 Å². The monoisotopic (exact) mass is 391 g/mol. The van der Waals surface area contributed by atoms with E-state index in [0.717, 1.165) is 0 Å². The normalized spacial score (nSPS) is 11.2. The molecule has 112 valence electrons. The first kappa shape index (κ1) is 15.9. The third-order valence-electron chi connectivity index (χ3n) is 2.66. The summed E-state index contributed by atoms with van der Waals surface area (Å²) in [6.45, 7) is 0. The van der Waals surface area contributed by atoms with Crippen molar-refractivity contribution in [1.82, 2.24) is 0 Å². The van der Waals surface area contributed by atoms with Crippen molar-refractivity contribution >= 4 is 43.2 Å². The first-order chi connectivity index (χ1) is 9.85. The quantitative estimate of drug-likeness (QED) is 0.779. The molecule has 0 aliphatic heterocycles. The van der Waals surface area contributed by atoms with Gasteiger partial charge in [-0.1, -0.05) is 17.7 Å². The van der Waals surface area contributed by atoms with Crippen LogP contribution in [0, 0.1) is 0 Å². The number of phenols is 1. The van der Waals surface area contributed by atoms with Gasteiger partial charge in [0.05, 0.1) is 17.0 Å². The summed E-state index contributed by atoms with van der Waals surface area (Å²) in [6.07, 6.45) is 0. The van der Waals surface area contributed by atoms with Crippen molar-refractivity contribution in [3.63, 3.8) is 0 Å². The lowest BCUT2D eigenvalue weighted by molar-refractivity contribution is 0.411. The van der Waals surface area contributed by atoms with Crippen LogP contribution in [0.3, 0.4) is 0 Å². The topological polar surface area (TPSA) is 75.6 Å². The predicted octanol–water partition coefficient (Wildman–Crippen LogP) is 3.62. The maximum absolute atomic E-state index is 12.3. The molecule has 0 fully saturated rings. The SMILES string of the molecule is COc1cccc(O)c1NS(=O)(=O)c1ccc(Cl)c(Br)c1. The lowest BCUT2D eigenvalue weighted by Crippen LogP contribution is -2.13. The van der Waals surface area contributed by atoms with Crippen molar-refractivity contribution in [2.75, 3.05) is 11.8 Å². The van der Waals surface area contributed by atoms with Crippen molar-refractivity contribution in [2.45, 2.75) is 4.90 Å². The highest BCUT2D eigenvalue weighted by Crippen LogP contribution is 2.35. The van der Waals surface area contributed by atoms with Gasteiger partial charge >= 0.3 is 0 Å². The Kier molecular flexibility index (Phi) is 4.65. The number of anilines is 1. The summed E-state index contributed by atoms with van der Waals surface area (Å²) < 4.78 is 32.5. The van der Waals surface area contributed by atoms with Crippen LogP contribution in [0.15, 0.2) is 45.8 Å². The van der Waals surface area contributed by atoms with Gasteiger partial charge in [0.15, 0.2) is 0 Å². The van der Waals surface area contributed by atoms with Crippen molar-refractivity contribution in [3.8, 4) is 11.5 Å². The minimum absolute atomic E-state index is 0.00378. The molecule has 0 bridgehead atoms. The molecular weight excluding hydrogens is 382 g/mol. The number of aromatic hydroxyl groups is 1. The second-order valence-corrected chi connectivity index (χ2v) is 6.98. The van der Waals surface area contributed by atoms with Crippen LogP contribution in [-0.2, 0) is 10.0 Å². The van der Waals surface area contributed by atoms with Gasteiger partial charge in [-0.2, -0.15) is 0 Å². The number of para-hydroxylation sites is 1. The molecule has 5 nitrogen and oxygen atoms in total. The molecule has 0 aliphatic rings. The van der Waals surface area contributed by atoms with Gasteiger partial charge in [0.25, 0.3) is 10.0 Å². The van der Waals surface area contributed by atoms with Crippen LogP contribution in [-0.4, -0.2) is 20.6 Å². The van der Waals surface area contributed by atoms with Gasteiger partial charge < -0.3 is 9.84 Å². The molecule has 0 saturated carbocycles. The molecule has 0 spiro atoms. The highest BCUT2D eigenvalue weighted by molar-refractivity contribution is 9.10. The first-order valence-corrected chi connectivity index (χ1v) is 8.34. The molecule has 0 heterocycles. The lowest BCUT2D eigenvalue weighted by atomic mass is 10.3. The molecule has 2 aromatic carbocycles. The maximum Gasteiger partial charge on any atom is 0.262 e. The molecule has 0 amide bonds. The molecular formula is C13H11BrClNO4S. The minimum atomic E-state index is -3.89. The number of methoxy groups -OCH3 is 1. The fourth-order valence-electron chi connectivity index (χ4n) is 1.63. The lowest BCUT2D eigenvalue weighted by Gasteiger charge is -2.13. The molecule has 0 aliphatic carbocycles. The average molecular weight is 393 g/mol. The molecule has 0 unspecified atom stereocenters. The molecule has 0 saturated heterocycles. The summed E-state index contributed by atoms with van der Waals surface area (Å²) in [5.74, 6) is -0.0161. The number of benzene rings is 2. The third kappa shape index (κ3) is 3.42. The fourth-order valence-corrected chi connectivity index (χ4v) is 3.39. The van der Waals surface area contributed by atoms with E-state index in [4.69, 9.17) is 16.3 Å². The second-order valence-electron chi connectivity index (χ2n) is 4.04. The van der Waals surface area contributed by atoms with E-state index in [9.17, 15) is 13.5 Å². The molecule has 2 rings (SSSR count). The summed E-state index contributed by atoms with van der Waals surface area (Å²) in [6, 6.07) is 8.64. The van der Waals surface area contributed by atoms with Gasteiger partial charge in [-0.25, -0.2) is 8.42 Å². The van der Waals surface area contributed by atoms with Crippen LogP contribution in [0.5, 0.6) is 11.5 Å². The molecule has 2 aromatic rings. The Morgan fingerprint density at radius 3 is 2.62 bits per heavy atom. The number of halogens is 2. The standard InChI is InChI=1S/C13H11BrClNO4S/c1-20-12-4-2-3-11(17)13(12)16-21(18,19)8-5-6-10(15)9(14)7-8/h2-7,16-17H,1H3. The summed E-state index contributed by atoms with van der Waals surface area (Å²) >= 11 is 9.01. The van der Waals surface area contributed by atoms with E-state index in [1.165, 1.54) is 37.4 Å². The van der Waals surface area contributed by atoms with E-state index in [2.05, 4.69) is 20.7 Å². The zero-order valence-electron chi connectivity index (χ0n) is 10.8. The first-order valence-electron chi connectivity index (χ1n) is 5.69. The number of phenolic OH excluding ortho intramolecular Hbond substituents is 1. The molecule has 8 heteroatoms. The van der Waals surface area contributed by atoms with E-state index in [0.29, 0.717) is 9.50 Å². The smallest absolute Gasteiger partial charge is 0.262 e. The zero-order valence-corrected chi connectivity index (χ0v) is 14.0. The maximum atomic E-state index is 12.3. The van der Waals surface area contributed by atoms with Gasteiger partial charge in [0.2, 0.25) is 0 Å². The third-order valence-corrected chi connectivity index (χ3v) is 5.22. The van der Waals surface area contributed by atoms with Crippen molar-refractivity contribution < 1.29 is 18.3 Å². The molecule has 0 atom stereocenters.